The first kappa shape index (κ1) is 19.2. The highest BCUT2D eigenvalue weighted by atomic mass is 127. The summed E-state index contributed by atoms with van der Waals surface area (Å²) >= 11 is 6.52. The van der Waals surface area contributed by atoms with Crippen LogP contribution in [0.4, 0.5) is 0 Å². The summed E-state index contributed by atoms with van der Waals surface area (Å²) in [5.41, 5.74) is 6.41. The summed E-state index contributed by atoms with van der Waals surface area (Å²) in [6.07, 6.45) is 4.26. The lowest BCUT2D eigenvalue weighted by Gasteiger charge is -2.25. The smallest absolute Gasteiger partial charge is 0.320 e. The van der Waals surface area contributed by atoms with Crippen LogP contribution in [-0.4, -0.2) is 23.7 Å². The van der Waals surface area contributed by atoms with Crippen molar-refractivity contribution < 1.29 is 19.7 Å². The Morgan fingerprint density at radius 2 is 2.09 bits per heavy atom. The standard InChI is InChI=1S/C15H14I3NO4/c16-10-5-8(6-11(19)14(21)22)1-3-12(10)23-9-2-4-13(20)15(17,18)7-9/h1-5,11,20H,6-7,19H2,(H,21,22)/t11-/m0/s1. The van der Waals surface area contributed by atoms with Crippen LogP contribution in [-0.2, 0) is 11.2 Å². The molecule has 124 valence electrons. The minimum atomic E-state index is -1.01. The molecule has 8 heteroatoms. The fraction of sp³-hybridized carbons (Fsp3) is 0.267. The number of carbonyl (C=O) groups is 1. The zero-order chi connectivity index (χ0) is 17.2. The van der Waals surface area contributed by atoms with E-state index in [1.165, 1.54) is 0 Å². The zero-order valence-corrected chi connectivity index (χ0v) is 18.3. The molecule has 23 heavy (non-hydrogen) atoms. The monoisotopic (exact) mass is 653 g/mol. The number of rotatable bonds is 5. The van der Waals surface area contributed by atoms with Gasteiger partial charge in [0.25, 0.3) is 0 Å². The second-order valence-electron chi connectivity index (χ2n) is 5.08. The Balaban J connectivity index is 2.12. The molecule has 0 spiro atoms. The van der Waals surface area contributed by atoms with Gasteiger partial charge in [-0.15, -0.1) is 0 Å². The number of carboxylic acids is 1. The number of ether oxygens (including phenoxy) is 1. The maximum absolute atomic E-state index is 10.8. The molecular weight excluding hydrogens is 639 g/mol. The molecule has 1 atom stereocenters. The van der Waals surface area contributed by atoms with Crippen molar-refractivity contribution in [2.24, 2.45) is 5.73 Å². The largest absolute Gasteiger partial charge is 0.510 e. The van der Waals surface area contributed by atoms with Gasteiger partial charge in [0.2, 0.25) is 0 Å². The molecule has 5 nitrogen and oxygen atoms in total. The lowest BCUT2D eigenvalue weighted by molar-refractivity contribution is -0.138. The summed E-state index contributed by atoms with van der Waals surface area (Å²) in [5, 5.41) is 18.7. The molecule has 1 aliphatic rings. The number of benzene rings is 1. The number of hydrogen-bond acceptors (Lipinski definition) is 4. The van der Waals surface area contributed by atoms with Gasteiger partial charge in [0.15, 0.2) is 0 Å². The topological polar surface area (TPSA) is 92.8 Å². The van der Waals surface area contributed by atoms with Gasteiger partial charge in [-0.2, -0.15) is 0 Å². The first-order chi connectivity index (χ1) is 10.7. The Morgan fingerprint density at radius 1 is 1.39 bits per heavy atom. The number of aliphatic hydroxyl groups is 1. The molecule has 1 aliphatic carbocycles. The van der Waals surface area contributed by atoms with Crippen LogP contribution < -0.4 is 10.5 Å². The van der Waals surface area contributed by atoms with E-state index in [9.17, 15) is 9.90 Å². The van der Waals surface area contributed by atoms with Crippen LogP contribution in [0, 0.1) is 3.57 Å². The molecule has 0 bridgehead atoms. The minimum Gasteiger partial charge on any atom is -0.510 e. The van der Waals surface area contributed by atoms with Crippen LogP contribution in [0.2, 0.25) is 0 Å². The van der Waals surface area contributed by atoms with E-state index in [-0.39, 0.29) is 6.42 Å². The maximum atomic E-state index is 10.8. The second-order valence-corrected chi connectivity index (χ2v) is 12.0. The third kappa shape index (κ3) is 5.19. The highest BCUT2D eigenvalue weighted by Gasteiger charge is 2.32. The fourth-order valence-electron chi connectivity index (χ4n) is 1.97. The minimum absolute atomic E-state index is 0.273. The number of alkyl halides is 2. The van der Waals surface area contributed by atoms with Gasteiger partial charge in [-0.1, -0.05) is 51.2 Å². The quantitative estimate of drug-likeness (QED) is 0.332. The van der Waals surface area contributed by atoms with Gasteiger partial charge in [0.1, 0.15) is 24.7 Å². The third-order valence-corrected chi connectivity index (χ3v) is 5.92. The van der Waals surface area contributed by atoms with Crippen LogP contribution in [0.25, 0.3) is 0 Å². The molecule has 0 heterocycles. The SMILES string of the molecule is N[C@@H](Cc1ccc(OC2=CC=C(O)C(I)(I)C2)c(I)c1)C(=O)O. The number of allylic oxidation sites excluding steroid dienone is 4. The Morgan fingerprint density at radius 3 is 2.65 bits per heavy atom. The molecule has 0 saturated heterocycles. The van der Waals surface area contributed by atoms with Crippen molar-refractivity contribution in [2.75, 3.05) is 0 Å². The summed E-state index contributed by atoms with van der Waals surface area (Å²) in [7, 11) is 0. The molecule has 0 fully saturated rings. The summed E-state index contributed by atoms with van der Waals surface area (Å²) in [5.74, 6) is 0.765. The number of nitrogens with two attached hydrogens (primary N) is 1. The molecule has 2 rings (SSSR count). The normalized spacial score (nSPS) is 17.9. The van der Waals surface area contributed by atoms with E-state index in [0.29, 0.717) is 17.9 Å². The molecule has 0 radical (unpaired) electrons. The van der Waals surface area contributed by atoms with Gasteiger partial charge in [-0.05, 0) is 58.9 Å². The van der Waals surface area contributed by atoms with E-state index < -0.39 is 13.4 Å². The van der Waals surface area contributed by atoms with Crippen LogP contribution in [0.3, 0.4) is 0 Å². The summed E-state index contributed by atoms with van der Waals surface area (Å²) in [6.45, 7) is 0. The van der Waals surface area contributed by atoms with Crippen molar-refractivity contribution in [1.29, 1.82) is 0 Å². The molecular formula is C15H14I3NO4. The zero-order valence-electron chi connectivity index (χ0n) is 11.8. The number of carboxylic acid groups (broad SMARTS) is 1. The number of halogens is 3. The highest BCUT2D eigenvalue weighted by Crippen LogP contribution is 2.43. The van der Waals surface area contributed by atoms with E-state index in [1.807, 2.05) is 18.2 Å². The van der Waals surface area contributed by atoms with Crippen molar-refractivity contribution in [3.05, 3.63) is 51.0 Å². The first-order valence-corrected chi connectivity index (χ1v) is 9.85. The second kappa shape index (κ2) is 7.87. The maximum Gasteiger partial charge on any atom is 0.320 e. The summed E-state index contributed by atoms with van der Waals surface area (Å²) in [6, 6.07) is 4.59. The Kier molecular flexibility index (Phi) is 6.58. The predicted molar refractivity (Wildman–Crippen MR) is 113 cm³/mol. The lowest BCUT2D eigenvalue weighted by Crippen LogP contribution is -2.32. The molecule has 0 aliphatic heterocycles. The number of aliphatic hydroxyl groups excluding tert-OH is 1. The van der Waals surface area contributed by atoms with Crippen molar-refractivity contribution in [3.63, 3.8) is 0 Å². The predicted octanol–water partition coefficient (Wildman–Crippen LogP) is 3.92. The van der Waals surface area contributed by atoms with Crippen molar-refractivity contribution >= 4 is 73.7 Å². The third-order valence-electron chi connectivity index (χ3n) is 3.21. The van der Waals surface area contributed by atoms with Gasteiger partial charge in [0.05, 0.1) is 3.57 Å². The Labute approximate surface area is 174 Å². The van der Waals surface area contributed by atoms with Crippen molar-refractivity contribution in [3.8, 4) is 5.75 Å². The molecule has 1 aromatic carbocycles. The molecule has 0 amide bonds. The summed E-state index contributed by atoms with van der Waals surface area (Å²) < 4.78 is 6.39. The van der Waals surface area contributed by atoms with Gasteiger partial charge >= 0.3 is 5.97 Å². The number of aliphatic carboxylic acids is 1. The van der Waals surface area contributed by atoms with E-state index in [4.69, 9.17) is 15.6 Å². The van der Waals surface area contributed by atoms with Gasteiger partial charge < -0.3 is 20.7 Å². The van der Waals surface area contributed by atoms with Crippen LogP contribution in [0.15, 0.2) is 41.9 Å². The van der Waals surface area contributed by atoms with E-state index >= 15 is 0 Å². The first-order valence-electron chi connectivity index (χ1n) is 6.62. The van der Waals surface area contributed by atoms with E-state index in [0.717, 1.165) is 14.9 Å². The molecule has 0 aromatic heterocycles. The van der Waals surface area contributed by atoms with Gasteiger partial charge in [-0.25, -0.2) is 0 Å². The van der Waals surface area contributed by atoms with E-state index in [2.05, 4.69) is 67.8 Å². The van der Waals surface area contributed by atoms with Crippen LogP contribution in [0.5, 0.6) is 5.75 Å². The highest BCUT2D eigenvalue weighted by molar-refractivity contribution is 14.2. The average molecular weight is 653 g/mol. The molecule has 1 aromatic rings. The van der Waals surface area contributed by atoms with Crippen LogP contribution in [0.1, 0.15) is 12.0 Å². The van der Waals surface area contributed by atoms with Gasteiger partial charge in [-0.3, -0.25) is 4.79 Å². The van der Waals surface area contributed by atoms with Gasteiger partial charge in [0, 0.05) is 6.42 Å². The van der Waals surface area contributed by atoms with Crippen molar-refractivity contribution in [2.45, 2.75) is 20.3 Å². The lowest BCUT2D eigenvalue weighted by atomic mass is 10.1. The van der Waals surface area contributed by atoms with Crippen molar-refractivity contribution in [1.82, 2.24) is 0 Å². The molecule has 0 saturated carbocycles. The average Bonchev–Trinajstić information content (AvgIpc) is 2.45. The Hall–Kier alpha value is -0.0800. The summed E-state index contributed by atoms with van der Waals surface area (Å²) in [4.78, 5) is 10.8. The Bertz CT molecular complexity index is 685. The molecule has 4 N–H and O–H groups in total. The van der Waals surface area contributed by atoms with Crippen LogP contribution >= 0.6 is 67.8 Å². The van der Waals surface area contributed by atoms with E-state index in [1.54, 1.807) is 12.2 Å². The number of hydrogen-bond donors (Lipinski definition) is 3. The molecule has 0 unspecified atom stereocenters. The fourth-order valence-corrected chi connectivity index (χ4v) is 3.77.